The Bertz CT molecular complexity index is 903. The van der Waals surface area contributed by atoms with Crippen LogP contribution in [-0.2, 0) is 5.41 Å². The predicted molar refractivity (Wildman–Crippen MR) is 107 cm³/mol. The molecular formula is C20H26N4O2S. The van der Waals surface area contributed by atoms with Gasteiger partial charge in [0.15, 0.2) is 5.13 Å². The fraction of sp³-hybridized carbons (Fsp3) is 0.550. The Hall–Kier alpha value is -1.99. The van der Waals surface area contributed by atoms with E-state index in [4.69, 9.17) is 0 Å². The van der Waals surface area contributed by atoms with Crippen LogP contribution in [0.3, 0.4) is 0 Å². The van der Waals surface area contributed by atoms with Gasteiger partial charge >= 0.3 is 0 Å². The van der Waals surface area contributed by atoms with Gasteiger partial charge in [-0.2, -0.15) is 0 Å². The molecule has 6 nitrogen and oxygen atoms in total. The van der Waals surface area contributed by atoms with Gasteiger partial charge in [-0.15, -0.1) is 11.3 Å². The number of fused-ring (bicyclic) bond motifs is 3. The highest BCUT2D eigenvalue weighted by Gasteiger charge is 2.35. The molecule has 7 heteroatoms. The van der Waals surface area contributed by atoms with Gasteiger partial charge in [0.05, 0.1) is 5.56 Å². The third-order valence-electron chi connectivity index (χ3n) is 5.58. The normalized spacial score (nSPS) is 24.8. The topological polar surface area (TPSA) is 67.2 Å². The Balaban J connectivity index is 1.56. The van der Waals surface area contributed by atoms with Crippen molar-refractivity contribution in [2.24, 2.45) is 5.92 Å². The van der Waals surface area contributed by atoms with Gasteiger partial charge in [-0.3, -0.25) is 14.2 Å². The summed E-state index contributed by atoms with van der Waals surface area (Å²) in [7, 11) is 0. The van der Waals surface area contributed by atoms with Gasteiger partial charge in [-0.1, -0.05) is 20.8 Å². The Labute approximate surface area is 163 Å². The zero-order valence-corrected chi connectivity index (χ0v) is 16.9. The molecule has 3 fully saturated rings. The highest BCUT2D eigenvalue weighted by atomic mass is 32.1. The maximum absolute atomic E-state index is 12.8. The fourth-order valence-corrected chi connectivity index (χ4v) is 4.83. The second-order valence-corrected chi connectivity index (χ2v) is 9.61. The molecule has 1 N–H and O–H groups in total. The van der Waals surface area contributed by atoms with Crippen LogP contribution in [0.4, 0.5) is 0 Å². The van der Waals surface area contributed by atoms with Crippen molar-refractivity contribution in [2.45, 2.75) is 45.1 Å². The van der Waals surface area contributed by atoms with E-state index in [9.17, 15) is 9.59 Å². The van der Waals surface area contributed by atoms with Crippen LogP contribution in [0.5, 0.6) is 0 Å². The molecular weight excluding hydrogens is 360 g/mol. The molecule has 3 saturated heterocycles. The summed E-state index contributed by atoms with van der Waals surface area (Å²) in [6.45, 7) is 9.56. The third kappa shape index (κ3) is 3.71. The van der Waals surface area contributed by atoms with E-state index in [-0.39, 0.29) is 22.9 Å². The monoisotopic (exact) mass is 386 g/mol. The summed E-state index contributed by atoms with van der Waals surface area (Å²) < 4.78 is 1.48. The lowest BCUT2D eigenvalue weighted by molar-refractivity contribution is 0.0620. The number of hydrogen-bond acceptors (Lipinski definition) is 5. The first kappa shape index (κ1) is 18.4. The molecule has 5 rings (SSSR count). The molecule has 0 saturated carbocycles. The van der Waals surface area contributed by atoms with E-state index in [2.05, 4.69) is 36.0 Å². The first-order chi connectivity index (χ1) is 12.8. The summed E-state index contributed by atoms with van der Waals surface area (Å²) in [4.78, 5) is 33.0. The molecule has 1 amide bonds. The summed E-state index contributed by atoms with van der Waals surface area (Å²) in [5, 5.41) is 3.78. The van der Waals surface area contributed by atoms with Gasteiger partial charge in [0.25, 0.3) is 11.5 Å². The number of carbonyl (C=O) groups excluding carboxylic acids is 1. The van der Waals surface area contributed by atoms with Crippen molar-refractivity contribution in [3.63, 3.8) is 0 Å². The van der Waals surface area contributed by atoms with Gasteiger partial charge in [-0.05, 0) is 43.3 Å². The van der Waals surface area contributed by atoms with Gasteiger partial charge in [0, 0.05) is 35.9 Å². The molecule has 0 aromatic carbocycles. The van der Waals surface area contributed by atoms with Crippen LogP contribution in [0, 0.1) is 5.92 Å². The van der Waals surface area contributed by atoms with Gasteiger partial charge in [0.1, 0.15) is 0 Å². The zero-order chi connectivity index (χ0) is 19.2. The number of thiazole rings is 1. The number of nitrogens with one attached hydrogen (secondary N) is 1. The summed E-state index contributed by atoms with van der Waals surface area (Å²) in [6, 6.07) is 3.25. The summed E-state index contributed by atoms with van der Waals surface area (Å²) in [5.41, 5.74) is 0.298. The summed E-state index contributed by atoms with van der Waals surface area (Å²) >= 11 is 1.49. The van der Waals surface area contributed by atoms with E-state index in [1.54, 1.807) is 12.3 Å². The van der Waals surface area contributed by atoms with Gasteiger partial charge in [0.2, 0.25) is 0 Å². The molecule has 0 spiro atoms. The quantitative estimate of drug-likeness (QED) is 0.880. The molecule has 1 unspecified atom stereocenters. The Morgan fingerprint density at radius 1 is 1.26 bits per heavy atom. The number of rotatable bonds is 3. The predicted octanol–water partition coefficient (Wildman–Crippen LogP) is 2.42. The molecule has 0 radical (unpaired) electrons. The van der Waals surface area contributed by atoms with E-state index in [1.165, 1.54) is 22.0 Å². The second-order valence-electron chi connectivity index (χ2n) is 8.60. The largest absolute Gasteiger partial charge is 0.348 e. The van der Waals surface area contributed by atoms with Crippen molar-refractivity contribution < 1.29 is 4.79 Å². The number of amides is 1. The summed E-state index contributed by atoms with van der Waals surface area (Å²) in [6.07, 6.45) is 5.73. The Morgan fingerprint density at radius 3 is 2.59 bits per heavy atom. The van der Waals surface area contributed by atoms with Gasteiger partial charge < -0.3 is 10.2 Å². The van der Waals surface area contributed by atoms with Crippen molar-refractivity contribution in [2.75, 3.05) is 19.6 Å². The number of piperidine rings is 3. The van der Waals surface area contributed by atoms with Crippen molar-refractivity contribution in [1.82, 2.24) is 19.8 Å². The van der Waals surface area contributed by atoms with Crippen LogP contribution in [0.2, 0.25) is 0 Å². The fourth-order valence-electron chi connectivity index (χ4n) is 3.87. The molecule has 5 heterocycles. The molecule has 2 aromatic rings. The van der Waals surface area contributed by atoms with Crippen LogP contribution in [0.1, 0.15) is 48.8 Å². The Kier molecular flexibility index (Phi) is 4.68. The first-order valence-electron chi connectivity index (χ1n) is 9.54. The smallest absolute Gasteiger partial charge is 0.256 e. The lowest BCUT2D eigenvalue weighted by atomic mass is 9.84. The summed E-state index contributed by atoms with van der Waals surface area (Å²) in [5.74, 6) is 0.452. The molecule has 3 aliphatic rings. The van der Waals surface area contributed by atoms with Crippen LogP contribution < -0.4 is 10.9 Å². The van der Waals surface area contributed by atoms with E-state index in [0.29, 0.717) is 16.6 Å². The first-order valence-corrected chi connectivity index (χ1v) is 10.4. The minimum atomic E-state index is -0.177. The Morgan fingerprint density at radius 2 is 2.00 bits per heavy atom. The average molecular weight is 387 g/mol. The zero-order valence-electron chi connectivity index (χ0n) is 16.1. The van der Waals surface area contributed by atoms with Crippen molar-refractivity contribution >= 4 is 17.2 Å². The number of nitrogens with zero attached hydrogens (tertiary/aromatic N) is 3. The molecule has 2 bridgehead atoms. The van der Waals surface area contributed by atoms with E-state index in [0.717, 1.165) is 37.4 Å². The van der Waals surface area contributed by atoms with Crippen molar-refractivity contribution in [3.8, 4) is 5.13 Å². The lowest BCUT2D eigenvalue weighted by Crippen LogP contribution is -2.57. The SMILES string of the molecule is CC(C)(C)c1cnc(-n2cc(C(=O)NC3CN4CCC3CC4)ccc2=O)s1. The van der Waals surface area contributed by atoms with Crippen LogP contribution in [-0.4, -0.2) is 46.0 Å². The van der Waals surface area contributed by atoms with Crippen LogP contribution in [0.25, 0.3) is 5.13 Å². The highest BCUT2D eigenvalue weighted by Crippen LogP contribution is 2.29. The molecule has 1 atom stereocenters. The maximum atomic E-state index is 12.8. The van der Waals surface area contributed by atoms with Crippen LogP contribution >= 0.6 is 11.3 Å². The number of aromatic nitrogens is 2. The van der Waals surface area contributed by atoms with Crippen LogP contribution in [0.15, 0.2) is 29.3 Å². The maximum Gasteiger partial charge on any atom is 0.256 e. The minimum absolute atomic E-state index is 0.0237. The molecule has 144 valence electrons. The number of pyridine rings is 1. The van der Waals surface area contributed by atoms with Crippen molar-refractivity contribution in [1.29, 1.82) is 0 Å². The van der Waals surface area contributed by atoms with E-state index < -0.39 is 0 Å². The van der Waals surface area contributed by atoms with Crippen molar-refractivity contribution in [3.05, 3.63) is 45.3 Å². The number of hydrogen-bond donors (Lipinski definition) is 1. The van der Waals surface area contributed by atoms with E-state index >= 15 is 0 Å². The van der Waals surface area contributed by atoms with Gasteiger partial charge in [-0.25, -0.2) is 4.98 Å². The molecule has 2 aromatic heterocycles. The van der Waals surface area contributed by atoms with E-state index in [1.807, 2.05) is 6.20 Å². The second kappa shape index (κ2) is 6.87. The lowest BCUT2D eigenvalue weighted by Gasteiger charge is -2.44. The average Bonchev–Trinajstić information content (AvgIpc) is 3.13. The highest BCUT2D eigenvalue weighted by molar-refractivity contribution is 7.14. The number of carbonyl (C=O) groups is 1. The molecule has 0 aliphatic carbocycles. The molecule has 27 heavy (non-hydrogen) atoms. The third-order valence-corrected chi connectivity index (χ3v) is 7.01. The molecule has 3 aliphatic heterocycles. The standard InChI is InChI=1S/C20H26N4O2S/c1-20(2,3)16-10-21-19(27-16)24-11-14(4-5-17(24)25)18(26)22-15-12-23-8-6-13(15)7-9-23/h4-5,10-11,13,15H,6-9,12H2,1-3H3,(H,22,26). The minimum Gasteiger partial charge on any atom is -0.348 e.